The average molecular weight is 302 g/mol. The SMILES string of the molecule is Nc1nc(-c2ccccc2)c(-c2cccs2)c(=S)s1. The average Bonchev–Trinajstić information content (AvgIpc) is 2.92. The lowest BCUT2D eigenvalue weighted by molar-refractivity contribution is 1.38. The maximum absolute atomic E-state index is 5.86. The van der Waals surface area contributed by atoms with E-state index in [1.165, 1.54) is 11.3 Å². The fourth-order valence-corrected chi connectivity index (χ4v) is 3.88. The molecule has 0 aliphatic carbocycles. The van der Waals surface area contributed by atoms with Gasteiger partial charge in [0.2, 0.25) is 0 Å². The van der Waals surface area contributed by atoms with Crippen molar-refractivity contribution < 1.29 is 0 Å². The Hall–Kier alpha value is -1.56. The molecule has 0 aliphatic heterocycles. The molecule has 0 atom stereocenters. The molecule has 1 aromatic carbocycles. The number of nitrogen functional groups attached to an aromatic ring is 1. The maximum Gasteiger partial charge on any atom is 0.181 e. The number of rotatable bonds is 2. The zero-order valence-electron chi connectivity index (χ0n) is 9.87. The first-order valence-electron chi connectivity index (χ1n) is 5.65. The monoisotopic (exact) mass is 302 g/mol. The number of hydrogen-bond acceptors (Lipinski definition) is 5. The molecule has 94 valence electrons. The van der Waals surface area contributed by atoms with E-state index >= 15 is 0 Å². The van der Waals surface area contributed by atoms with Gasteiger partial charge in [-0.2, -0.15) is 0 Å². The lowest BCUT2D eigenvalue weighted by Crippen LogP contribution is -1.93. The van der Waals surface area contributed by atoms with Gasteiger partial charge in [-0.3, -0.25) is 0 Å². The molecule has 2 aromatic heterocycles. The van der Waals surface area contributed by atoms with Gasteiger partial charge in [0.25, 0.3) is 0 Å². The Morgan fingerprint density at radius 3 is 2.53 bits per heavy atom. The molecular formula is C14H10N2S3. The molecule has 0 saturated heterocycles. The number of nitrogens with two attached hydrogens (primary N) is 1. The van der Waals surface area contributed by atoms with Crippen molar-refractivity contribution in [3.05, 3.63) is 51.7 Å². The van der Waals surface area contributed by atoms with Crippen molar-refractivity contribution in [1.29, 1.82) is 0 Å². The molecule has 0 aliphatic rings. The topological polar surface area (TPSA) is 38.9 Å². The molecule has 3 rings (SSSR count). The summed E-state index contributed by atoms with van der Waals surface area (Å²) in [7, 11) is 0. The van der Waals surface area contributed by atoms with Crippen molar-refractivity contribution >= 4 is 40.0 Å². The lowest BCUT2D eigenvalue weighted by atomic mass is 10.1. The van der Waals surface area contributed by atoms with Gasteiger partial charge in [-0.25, -0.2) is 4.98 Å². The van der Waals surface area contributed by atoms with Crippen molar-refractivity contribution in [3.63, 3.8) is 0 Å². The smallest absolute Gasteiger partial charge is 0.181 e. The molecule has 2 N–H and O–H groups in total. The molecule has 0 radical (unpaired) electrons. The second kappa shape index (κ2) is 5.21. The van der Waals surface area contributed by atoms with Gasteiger partial charge in [0.1, 0.15) is 3.82 Å². The number of thiophene rings is 1. The van der Waals surface area contributed by atoms with Crippen LogP contribution in [0, 0.1) is 3.82 Å². The van der Waals surface area contributed by atoms with Gasteiger partial charge in [-0.15, -0.1) is 11.3 Å². The Bertz CT molecular complexity index is 746. The zero-order chi connectivity index (χ0) is 13.2. The van der Waals surface area contributed by atoms with Crippen LogP contribution in [-0.2, 0) is 0 Å². The van der Waals surface area contributed by atoms with Gasteiger partial charge < -0.3 is 5.73 Å². The summed E-state index contributed by atoms with van der Waals surface area (Å²) >= 11 is 8.50. The summed E-state index contributed by atoms with van der Waals surface area (Å²) in [5.74, 6) is 0. The van der Waals surface area contributed by atoms with Crippen LogP contribution in [0.25, 0.3) is 21.7 Å². The highest BCUT2D eigenvalue weighted by molar-refractivity contribution is 7.73. The summed E-state index contributed by atoms with van der Waals surface area (Å²) in [6.45, 7) is 0. The highest BCUT2D eigenvalue weighted by atomic mass is 32.1. The van der Waals surface area contributed by atoms with Gasteiger partial charge in [0.05, 0.1) is 5.69 Å². The second-order valence-electron chi connectivity index (χ2n) is 3.91. The van der Waals surface area contributed by atoms with E-state index in [1.54, 1.807) is 11.3 Å². The summed E-state index contributed by atoms with van der Waals surface area (Å²) in [6.07, 6.45) is 0. The van der Waals surface area contributed by atoms with E-state index in [0.29, 0.717) is 5.13 Å². The van der Waals surface area contributed by atoms with E-state index in [4.69, 9.17) is 18.0 Å². The molecular weight excluding hydrogens is 292 g/mol. The Kier molecular flexibility index (Phi) is 3.42. The molecule has 0 unspecified atom stereocenters. The second-order valence-corrected chi connectivity index (χ2v) is 6.55. The third-order valence-electron chi connectivity index (χ3n) is 2.67. The minimum absolute atomic E-state index is 0.504. The summed E-state index contributed by atoms with van der Waals surface area (Å²) in [4.78, 5) is 5.63. The number of hydrogen-bond donors (Lipinski definition) is 1. The van der Waals surface area contributed by atoms with Crippen LogP contribution in [0.1, 0.15) is 0 Å². The molecule has 0 saturated carbocycles. The van der Waals surface area contributed by atoms with Crippen LogP contribution in [0.3, 0.4) is 0 Å². The van der Waals surface area contributed by atoms with Crippen LogP contribution in [0.4, 0.5) is 5.13 Å². The first-order valence-corrected chi connectivity index (χ1v) is 7.76. The molecule has 0 fully saturated rings. The molecule has 0 spiro atoms. The zero-order valence-corrected chi connectivity index (χ0v) is 12.3. The molecule has 3 aromatic rings. The fourth-order valence-electron chi connectivity index (χ4n) is 1.87. The van der Waals surface area contributed by atoms with Gasteiger partial charge in [-0.1, -0.05) is 60.0 Å². The number of nitrogens with zero attached hydrogens (tertiary/aromatic N) is 1. The third-order valence-corrected chi connectivity index (χ3v) is 4.71. The van der Waals surface area contributed by atoms with Crippen LogP contribution in [0.2, 0.25) is 0 Å². The fraction of sp³-hybridized carbons (Fsp3) is 0. The molecule has 5 heteroatoms. The first-order chi connectivity index (χ1) is 9.25. The van der Waals surface area contributed by atoms with Crippen molar-refractivity contribution in [2.45, 2.75) is 0 Å². The summed E-state index contributed by atoms with van der Waals surface area (Å²) in [5.41, 5.74) is 8.78. The van der Waals surface area contributed by atoms with Crippen LogP contribution in [-0.4, -0.2) is 4.98 Å². The Morgan fingerprint density at radius 2 is 1.84 bits per heavy atom. The molecule has 19 heavy (non-hydrogen) atoms. The summed E-state index contributed by atoms with van der Waals surface area (Å²) in [6, 6.07) is 14.1. The molecule has 2 heterocycles. The maximum atomic E-state index is 5.86. The predicted octanol–water partition coefficient (Wildman–Crippen LogP) is 4.85. The van der Waals surface area contributed by atoms with Crippen molar-refractivity contribution in [3.8, 4) is 21.7 Å². The normalized spacial score (nSPS) is 10.5. The minimum Gasteiger partial charge on any atom is -0.375 e. The Labute approximate surface area is 124 Å². The van der Waals surface area contributed by atoms with Gasteiger partial charge in [0, 0.05) is 16.0 Å². The van der Waals surface area contributed by atoms with Crippen LogP contribution < -0.4 is 5.73 Å². The Morgan fingerprint density at radius 1 is 1.05 bits per heavy atom. The minimum atomic E-state index is 0.504. The summed E-state index contributed by atoms with van der Waals surface area (Å²) in [5, 5.41) is 2.55. The third kappa shape index (κ3) is 2.45. The van der Waals surface area contributed by atoms with E-state index in [2.05, 4.69) is 11.1 Å². The summed E-state index contributed by atoms with van der Waals surface area (Å²) < 4.78 is 0.786. The van der Waals surface area contributed by atoms with E-state index in [0.717, 1.165) is 25.5 Å². The highest BCUT2D eigenvalue weighted by Crippen LogP contribution is 2.36. The molecule has 0 amide bonds. The molecule has 0 bridgehead atoms. The number of aromatic nitrogens is 1. The van der Waals surface area contributed by atoms with Gasteiger partial charge >= 0.3 is 0 Å². The van der Waals surface area contributed by atoms with Gasteiger partial charge in [0.15, 0.2) is 5.13 Å². The largest absolute Gasteiger partial charge is 0.375 e. The quantitative estimate of drug-likeness (QED) is 0.688. The number of anilines is 1. The predicted molar refractivity (Wildman–Crippen MR) is 86.1 cm³/mol. The first kappa shape index (κ1) is 12.5. The molecule has 2 nitrogen and oxygen atoms in total. The van der Waals surface area contributed by atoms with E-state index in [1.807, 2.05) is 41.8 Å². The van der Waals surface area contributed by atoms with E-state index in [9.17, 15) is 0 Å². The van der Waals surface area contributed by atoms with Crippen molar-refractivity contribution in [2.24, 2.45) is 0 Å². The van der Waals surface area contributed by atoms with E-state index < -0.39 is 0 Å². The van der Waals surface area contributed by atoms with E-state index in [-0.39, 0.29) is 0 Å². The Balaban J connectivity index is 2.32. The van der Waals surface area contributed by atoms with Crippen molar-refractivity contribution in [2.75, 3.05) is 5.73 Å². The van der Waals surface area contributed by atoms with Crippen LogP contribution in [0.15, 0.2) is 47.8 Å². The lowest BCUT2D eigenvalue weighted by Gasteiger charge is -2.08. The van der Waals surface area contributed by atoms with Crippen LogP contribution >= 0.6 is 34.9 Å². The van der Waals surface area contributed by atoms with Crippen LogP contribution in [0.5, 0.6) is 0 Å². The van der Waals surface area contributed by atoms with Crippen molar-refractivity contribution in [1.82, 2.24) is 4.98 Å². The van der Waals surface area contributed by atoms with Gasteiger partial charge in [-0.05, 0) is 11.4 Å². The standard InChI is InChI=1S/C14H10N2S3/c15-14-16-12(9-5-2-1-3-6-9)11(13(17)19-14)10-7-4-8-18-10/h1-8H,(H2,15,16). The highest BCUT2D eigenvalue weighted by Gasteiger charge is 2.13. The number of benzene rings is 1.